The van der Waals surface area contributed by atoms with E-state index in [1.165, 1.54) is 6.07 Å². The number of aromatic nitrogens is 3. The third-order valence-electron chi connectivity index (χ3n) is 5.42. The number of aryl methyl sites for hydroxylation is 1. The Balaban J connectivity index is 1.56. The Labute approximate surface area is 201 Å². The van der Waals surface area contributed by atoms with Crippen molar-refractivity contribution in [2.45, 2.75) is 13.8 Å². The molecule has 4 N–H and O–H groups in total. The number of ether oxygens (including phenoxy) is 1. The van der Waals surface area contributed by atoms with Gasteiger partial charge in [-0.1, -0.05) is 6.08 Å². The van der Waals surface area contributed by atoms with Crippen molar-refractivity contribution in [1.29, 1.82) is 0 Å². The van der Waals surface area contributed by atoms with E-state index in [4.69, 9.17) is 4.74 Å². The van der Waals surface area contributed by atoms with Crippen LogP contribution < -0.4 is 15.4 Å². The number of hydrogen-bond acceptors (Lipinski definition) is 6. The molecule has 0 saturated carbocycles. The molecule has 184 valence electrons. The first kappa shape index (κ1) is 24.1. The molecule has 9 nitrogen and oxygen atoms in total. The van der Waals surface area contributed by atoms with E-state index >= 15 is 0 Å². The lowest BCUT2D eigenvalue weighted by molar-refractivity contribution is 0.292. The van der Waals surface area contributed by atoms with E-state index in [9.17, 15) is 8.78 Å². The van der Waals surface area contributed by atoms with Crippen LogP contribution in [-0.4, -0.2) is 65.5 Å². The summed E-state index contributed by atoms with van der Waals surface area (Å²) in [7, 11) is 0. The second kappa shape index (κ2) is 11.0. The Morgan fingerprint density at radius 3 is 2.83 bits per heavy atom. The number of rotatable bonds is 8. The van der Waals surface area contributed by atoms with Gasteiger partial charge in [0.15, 0.2) is 29.9 Å². The van der Waals surface area contributed by atoms with E-state index in [0.29, 0.717) is 36.1 Å². The van der Waals surface area contributed by atoms with Gasteiger partial charge in [0.25, 0.3) is 0 Å². The summed E-state index contributed by atoms with van der Waals surface area (Å²) in [5.74, 6) is -0.488. The van der Waals surface area contributed by atoms with Crippen LogP contribution in [0.5, 0.6) is 5.75 Å². The molecule has 3 heterocycles. The molecule has 1 saturated heterocycles. The number of fused-ring (bicyclic) bond motifs is 1. The first-order valence-corrected chi connectivity index (χ1v) is 11.2. The molecule has 1 aliphatic rings. The van der Waals surface area contributed by atoms with Gasteiger partial charge >= 0.3 is 0 Å². The Morgan fingerprint density at radius 1 is 1.29 bits per heavy atom. The molecular weight excluding hydrogens is 454 g/mol. The summed E-state index contributed by atoms with van der Waals surface area (Å²) < 4.78 is 34.9. The van der Waals surface area contributed by atoms with Gasteiger partial charge in [-0.25, -0.2) is 18.8 Å². The molecule has 1 aromatic carbocycles. The van der Waals surface area contributed by atoms with Crippen LogP contribution in [0, 0.1) is 18.6 Å². The quantitative estimate of drug-likeness (QED) is 0.289. The van der Waals surface area contributed by atoms with Crippen molar-refractivity contribution in [2.75, 3.05) is 38.2 Å². The van der Waals surface area contributed by atoms with Crippen molar-refractivity contribution < 1.29 is 13.5 Å². The number of halogens is 2. The maximum atomic E-state index is 14.9. The molecule has 1 fully saturated rings. The molecule has 0 amide bonds. The number of amidine groups is 1. The Morgan fingerprint density at radius 2 is 2.09 bits per heavy atom. The third-order valence-corrected chi connectivity index (χ3v) is 5.42. The number of nitrogens with zero attached hydrogens (tertiary/aromatic N) is 4. The molecule has 35 heavy (non-hydrogen) atoms. The molecule has 0 aliphatic carbocycles. The zero-order valence-electron chi connectivity index (χ0n) is 19.7. The highest BCUT2D eigenvalue weighted by Gasteiger charge is 2.18. The van der Waals surface area contributed by atoms with Crippen LogP contribution in [0.1, 0.15) is 18.3 Å². The van der Waals surface area contributed by atoms with Crippen LogP contribution in [0.15, 0.2) is 46.2 Å². The van der Waals surface area contributed by atoms with Crippen LogP contribution in [-0.2, 0) is 0 Å². The lowest BCUT2D eigenvalue weighted by Crippen LogP contribution is -2.46. The van der Waals surface area contributed by atoms with Crippen LogP contribution in [0.25, 0.3) is 17.0 Å². The van der Waals surface area contributed by atoms with Crippen molar-refractivity contribution in [2.24, 2.45) is 9.98 Å². The minimum Gasteiger partial charge on any atom is -0.465 e. The maximum Gasteiger partial charge on any atom is 0.194 e. The summed E-state index contributed by atoms with van der Waals surface area (Å²) in [6.45, 7) is 9.99. The second-order valence-corrected chi connectivity index (χ2v) is 7.96. The maximum absolute atomic E-state index is 14.9. The molecule has 0 atom stereocenters. The van der Waals surface area contributed by atoms with Crippen LogP contribution in [0.3, 0.4) is 0 Å². The third kappa shape index (κ3) is 5.75. The van der Waals surface area contributed by atoms with Crippen molar-refractivity contribution >= 4 is 35.3 Å². The number of H-pyrrole nitrogens is 2. The van der Waals surface area contributed by atoms with E-state index in [-0.39, 0.29) is 12.1 Å². The Kier molecular flexibility index (Phi) is 7.56. The highest BCUT2D eigenvalue weighted by atomic mass is 19.1. The summed E-state index contributed by atoms with van der Waals surface area (Å²) in [6, 6.07) is 4.66. The highest BCUT2D eigenvalue weighted by Crippen LogP contribution is 2.30. The summed E-state index contributed by atoms with van der Waals surface area (Å²) in [4.78, 5) is 13.5. The Hall–Kier alpha value is -3.99. The molecule has 4 rings (SSSR count). The predicted octanol–water partition coefficient (Wildman–Crippen LogP) is 3.80. The van der Waals surface area contributed by atoms with Crippen LogP contribution in [0.2, 0.25) is 0 Å². The van der Waals surface area contributed by atoms with Crippen LogP contribution in [0.4, 0.5) is 14.6 Å². The van der Waals surface area contributed by atoms with E-state index in [2.05, 4.69) is 42.5 Å². The molecule has 3 aromatic rings. The average Bonchev–Trinajstić information content (AvgIpc) is 3.46. The molecule has 11 heteroatoms. The summed E-state index contributed by atoms with van der Waals surface area (Å²) in [5, 5.41) is 13.7. The fourth-order valence-corrected chi connectivity index (χ4v) is 3.79. The molecule has 2 aromatic heterocycles. The predicted molar refractivity (Wildman–Crippen MR) is 135 cm³/mol. The minimum absolute atomic E-state index is 0.267. The van der Waals surface area contributed by atoms with Gasteiger partial charge in [-0.3, -0.25) is 5.10 Å². The number of allylic oxidation sites excluding steroid dienone is 1. The number of benzene rings is 1. The zero-order chi connectivity index (χ0) is 24.8. The highest BCUT2D eigenvalue weighted by molar-refractivity contribution is 5.94. The first-order chi connectivity index (χ1) is 17.0. The van der Waals surface area contributed by atoms with Gasteiger partial charge in [0.05, 0.1) is 11.2 Å². The zero-order valence-corrected chi connectivity index (χ0v) is 19.7. The molecule has 0 spiro atoms. The molecule has 0 radical (unpaired) electrons. The minimum atomic E-state index is -0.795. The van der Waals surface area contributed by atoms with Gasteiger partial charge in [-0.15, -0.1) is 0 Å². The van der Waals surface area contributed by atoms with E-state index in [0.717, 1.165) is 24.5 Å². The summed E-state index contributed by atoms with van der Waals surface area (Å²) in [6.07, 6.45) is 5.49. The van der Waals surface area contributed by atoms with Crippen molar-refractivity contribution in [3.63, 3.8) is 0 Å². The van der Waals surface area contributed by atoms with E-state index < -0.39 is 17.4 Å². The standard InChI is InChI=1S/C24H28F2N8O/c1-4-5-16-11-21(33-32-16)31-20(27-3)13-22(34-8-6-28-7-9-34)29-14-35-24-18(25)12-19-17(23(24)26)10-15(2)30-19/h4-5,10-13,28,30H,3,6-9,14H2,1-2H3,(H2,31,32,33)/b5-4-,20-13+,29-22+. The number of piperazine rings is 1. The second-order valence-electron chi connectivity index (χ2n) is 7.96. The van der Waals surface area contributed by atoms with Gasteiger partial charge in [-0.05, 0) is 32.7 Å². The topological polar surface area (TPSA) is 106 Å². The summed E-state index contributed by atoms with van der Waals surface area (Å²) in [5.41, 5.74) is 1.94. The van der Waals surface area contributed by atoms with E-state index in [1.807, 2.05) is 30.0 Å². The number of nitrogens with one attached hydrogen (secondary N) is 4. The lowest BCUT2D eigenvalue weighted by atomic mass is 10.2. The average molecular weight is 483 g/mol. The first-order valence-electron chi connectivity index (χ1n) is 11.2. The number of hydrogen-bond donors (Lipinski definition) is 4. The number of anilines is 1. The smallest absolute Gasteiger partial charge is 0.194 e. The summed E-state index contributed by atoms with van der Waals surface area (Å²) >= 11 is 0. The molecule has 1 aliphatic heterocycles. The SMILES string of the molecule is C=N/C(=C\C(=N/COc1c(F)cc2[nH]c(C)cc2c1F)N1CCNCC1)Nc1cc(/C=C\C)[nH]n1. The molecule has 0 unspecified atom stereocenters. The largest absolute Gasteiger partial charge is 0.465 e. The normalized spacial score (nSPS) is 15.3. The van der Waals surface area contributed by atoms with Gasteiger partial charge < -0.3 is 25.3 Å². The molecule has 0 bridgehead atoms. The number of aromatic amines is 2. The van der Waals surface area contributed by atoms with Crippen LogP contribution >= 0.6 is 0 Å². The van der Waals surface area contributed by atoms with Crippen molar-refractivity contribution in [3.05, 3.63) is 59.2 Å². The fraction of sp³-hybridized carbons (Fsp3) is 0.292. The lowest BCUT2D eigenvalue weighted by Gasteiger charge is -2.29. The fourth-order valence-electron chi connectivity index (χ4n) is 3.79. The van der Waals surface area contributed by atoms with E-state index in [1.54, 1.807) is 19.1 Å². The van der Waals surface area contributed by atoms with Crippen molar-refractivity contribution in [3.8, 4) is 5.75 Å². The monoisotopic (exact) mass is 482 g/mol. The van der Waals surface area contributed by atoms with Gasteiger partial charge in [-0.2, -0.15) is 5.10 Å². The Bertz CT molecular complexity index is 1280. The van der Waals surface area contributed by atoms with Gasteiger partial charge in [0.2, 0.25) is 0 Å². The van der Waals surface area contributed by atoms with Gasteiger partial charge in [0, 0.05) is 55.5 Å². The number of aliphatic imine (C=N–C) groups is 2. The molecular formula is C24H28F2N8O. The van der Waals surface area contributed by atoms with Gasteiger partial charge in [0.1, 0.15) is 11.7 Å². The van der Waals surface area contributed by atoms with Crippen molar-refractivity contribution in [1.82, 2.24) is 25.4 Å².